The Bertz CT molecular complexity index is 1380. The van der Waals surface area contributed by atoms with Gasteiger partial charge in [-0.2, -0.15) is 97.2 Å². The summed E-state index contributed by atoms with van der Waals surface area (Å²) in [6.07, 6.45) is -10.1. The van der Waals surface area contributed by atoms with Crippen molar-refractivity contribution in [3.63, 3.8) is 0 Å². The molecule has 0 aliphatic rings. The number of alkyl halides is 21. The lowest BCUT2D eigenvalue weighted by atomic mass is 9.85. The number of nitrogens with one attached hydrogen (secondary N) is 1. The van der Waals surface area contributed by atoms with Crippen LogP contribution in [-0.2, 0) is 4.79 Å². The number of rotatable bonds is 13. The SMILES string of the molecule is Cc1cccc(C(=O)NC(C)CC(F)(F)C(F)(F)C(F)(F)C(F)(F)C(F)(F)C(F)(F)C(F)(F)C(F)(F)C(F)(F)C(F)(F)F)c1N=C=O. The summed E-state index contributed by atoms with van der Waals surface area (Å²) in [6, 6.07) is 0.379. The lowest BCUT2D eigenvalue weighted by molar-refractivity contribution is -0.474. The number of para-hydroxylation sites is 1. The third kappa shape index (κ3) is 6.07. The minimum Gasteiger partial charge on any atom is -0.349 e. The summed E-state index contributed by atoms with van der Waals surface area (Å²) in [5.41, 5.74) is -1.28. The van der Waals surface area contributed by atoms with Crippen LogP contribution in [-0.4, -0.2) is 77.5 Å². The van der Waals surface area contributed by atoms with Crippen molar-refractivity contribution in [2.75, 3.05) is 0 Å². The topological polar surface area (TPSA) is 58.5 Å². The molecule has 0 aromatic heterocycles. The Morgan fingerprint density at radius 3 is 1.38 bits per heavy atom. The zero-order valence-electron chi connectivity index (χ0n) is 22.2. The standard InChI is InChI=1S/C22H13F21N2O2/c1-8-4-3-5-10(11(8)44-7-46)12(47)45-9(2)6-13(23,24)14(25,26)15(27,28)16(29,30)17(31,32)18(33,34)19(35,36)20(37,38)21(39,40)22(41,42)43/h3-5,9H,6H2,1-2H3,(H,45,47). The van der Waals surface area contributed by atoms with Gasteiger partial charge >= 0.3 is 59.5 Å². The Balaban J connectivity index is 3.59. The van der Waals surface area contributed by atoms with E-state index in [1.54, 1.807) is 0 Å². The van der Waals surface area contributed by atoms with Gasteiger partial charge in [0.1, 0.15) is 0 Å². The fourth-order valence-corrected chi connectivity index (χ4v) is 3.49. The molecule has 47 heavy (non-hydrogen) atoms. The summed E-state index contributed by atoms with van der Waals surface area (Å²) in [6.45, 7) is 1.41. The third-order valence-corrected chi connectivity index (χ3v) is 6.16. The van der Waals surface area contributed by atoms with Gasteiger partial charge in [0.05, 0.1) is 11.3 Å². The second-order valence-electron chi connectivity index (χ2n) is 9.55. The van der Waals surface area contributed by atoms with E-state index in [0.29, 0.717) is 0 Å². The second-order valence-corrected chi connectivity index (χ2v) is 9.55. The molecule has 0 spiro atoms. The molecule has 1 aromatic carbocycles. The Morgan fingerprint density at radius 1 is 0.660 bits per heavy atom. The summed E-state index contributed by atoms with van der Waals surface area (Å²) in [4.78, 5) is 25.9. The van der Waals surface area contributed by atoms with E-state index < -0.39 is 89.1 Å². The summed E-state index contributed by atoms with van der Waals surface area (Å²) >= 11 is 0. The highest BCUT2D eigenvalue weighted by Crippen LogP contribution is 2.66. The largest absolute Gasteiger partial charge is 0.460 e. The molecule has 1 atom stereocenters. The van der Waals surface area contributed by atoms with Gasteiger partial charge in [0, 0.05) is 12.5 Å². The fraction of sp³-hybridized carbons (Fsp3) is 0.636. The van der Waals surface area contributed by atoms with Crippen LogP contribution in [0.2, 0.25) is 0 Å². The number of carbonyl (C=O) groups is 1. The molecule has 0 aliphatic heterocycles. The van der Waals surface area contributed by atoms with E-state index in [0.717, 1.165) is 18.2 Å². The van der Waals surface area contributed by atoms with Crippen LogP contribution in [0, 0.1) is 6.92 Å². The molecular formula is C22H13F21N2O2. The molecular weight excluding hydrogens is 723 g/mol. The lowest BCUT2D eigenvalue weighted by Gasteiger charge is -2.44. The number of halogens is 21. The molecule has 0 fully saturated rings. The highest BCUT2D eigenvalue weighted by atomic mass is 19.4. The van der Waals surface area contributed by atoms with Gasteiger partial charge in [0.15, 0.2) is 0 Å². The van der Waals surface area contributed by atoms with Crippen molar-refractivity contribution in [2.45, 2.75) is 85.8 Å². The van der Waals surface area contributed by atoms with Gasteiger partial charge in [-0.15, -0.1) is 0 Å². The highest BCUT2D eigenvalue weighted by Gasteiger charge is 2.97. The van der Waals surface area contributed by atoms with Crippen LogP contribution in [0.4, 0.5) is 97.9 Å². The number of benzene rings is 1. The molecule has 25 heteroatoms. The molecule has 1 rings (SSSR count). The summed E-state index contributed by atoms with van der Waals surface area (Å²) in [5, 5.41) is 1.37. The van der Waals surface area contributed by atoms with E-state index in [1.165, 1.54) is 18.3 Å². The first-order valence-electron chi connectivity index (χ1n) is 11.4. The summed E-state index contributed by atoms with van der Waals surface area (Å²) in [5.74, 6) is -79.6. The smallest absolute Gasteiger partial charge is 0.349 e. The average molecular weight is 736 g/mol. The number of amides is 1. The van der Waals surface area contributed by atoms with Gasteiger partial charge in [0.2, 0.25) is 6.08 Å². The van der Waals surface area contributed by atoms with Gasteiger partial charge in [-0.05, 0) is 25.5 Å². The maximum Gasteiger partial charge on any atom is 0.460 e. The average Bonchev–Trinajstić information content (AvgIpc) is 2.87. The number of aliphatic imine (C=N–C) groups is 1. The first-order valence-corrected chi connectivity index (χ1v) is 11.4. The van der Waals surface area contributed by atoms with Crippen molar-refractivity contribution in [1.82, 2.24) is 5.32 Å². The predicted molar refractivity (Wildman–Crippen MR) is 111 cm³/mol. The predicted octanol–water partition coefficient (Wildman–Crippen LogP) is 8.75. The van der Waals surface area contributed by atoms with E-state index in [2.05, 4.69) is 4.99 Å². The molecule has 0 radical (unpaired) electrons. The number of nitrogens with zero attached hydrogens (tertiary/aromatic N) is 1. The van der Waals surface area contributed by atoms with Crippen LogP contribution in [0.15, 0.2) is 23.2 Å². The third-order valence-electron chi connectivity index (χ3n) is 6.16. The zero-order chi connectivity index (χ0) is 37.8. The van der Waals surface area contributed by atoms with Gasteiger partial charge in [-0.1, -0.05) is 12.1 Å². The molecule has 1 unspecified atom stereocenters. The molecule has 0 saturated heterocycles. The zero-order valence-corrected chi connectivity index (χ0v) is 22.2. The number of isocyanates is 1. The van der Waals surface area contributed by atoms with Crippen molar-refractivity contribution in [3.8, 4) is 0 Å². The fourth-order valence-electron chi connectivity index (χ4n) is 3.49. The summed E-state index contributed by atoms with van der Waals surface area (Å²) in [7, 11) is 0. The molecule has 1 aromatic rings. The van der Waals surface area contributed by atoms with E-state index in [9.17, 15) is 102 Å². The molecule has 4 nitrogen and oxygen atoms in total. The Hall–Kier alpha value is -3.40. The maximum absolute atomic E-state index is 14.3. The van der Waals surface area contributed by atoms with Gasteiger partial charge in [-0.3, -0.25) is 4.79 Å². The monoisotopic (exact) mass is 736 g/mol. The van der Waals surface area contributed by atoms with Crippen LogP contribution >= 0.6 is 0 Å². The van der Waals surface area contributed by atoms with Crippen molar-refractivity contribution in [3.05, 3.63) is 29.3 Å². The Labute approximate surface area is 246 Å². The van der Waals surface area contributed by atoms with Gasteiger partial charge < -0.3 is 5.32 Å². The first-order chi connectivity index (χ1) is 20.5. The highest BCUT2D eigenvalue weighted by molar-refractivity contribution is 6.00. The summed E-state index contributed by atoms with van der Waals surface area (Å²) < 4.78 is 284. The van der Waals surface area contributed by atoms with Crippen molar-refractivity contribution in [1.29, 1.82) is 0 Å². The van der Waals surface area contributed by atoms with Gasteiger partial charge in [0.25, 0.3) is 5.91 Å². The Morgan fingerprint density at radius 2 is 1.02 bits per heavy atom. The maximum atomic E-state index is 14.3. The van der Waals surface area contributed by atoms with Gasteiger partial charge in [-0.25, -0.2) is 4.79 Å². The minimum absolute atomic E-state index is 0.00409. The second kappa shape index (κ2) is 11.9. The van der Waals surface area contributed by atoms with Crippen molar-refractivity contribution < 1.29 is 102 Å². The number of hydrogen-bond donors (Lipinski definition) is 1. The number of hydrogen-bond acceptors (Lipinski definition) is 3. The molecule has 270 valence electrons. The van der Waals surface area contributed by atoms with Crippen LogP contribution in [0.5, 0.6) is 0 Å². The lowest BCUT2D eigenvalue weighted by Crippen LogP contribution is -2.76. The molecule has 0 bridgehead atoms. The van der Waals surface area contributed by atoms with E-state index in [1.807, 2.05) is 0 Å². The van der Waals surface area contributed by atoms with Crippen molar-refractivity contribution in [2.24, 2.45) is 4.99 Å². The minimum atomic E-state index is -9.26. The molecule has 0 heterocycles. The molecule has 1 amide bonds. The first kappa shape index (κ1) is 41.6. The van der Waals surface area contributed by atoms with Crippen LogP contribution < -0.4 is 5.32 Å². The van der Waals surface area contributed by atoms with Crippen molar-refractivity contribution >= 4 is 17.7 Å². The van der Waals surface area contributed by atoms with E-state index in [4.69, 9.17) is 0 Å². The molecule has 0 aliphatic carbocycles. The van der Waals surface area contributed by atoms with Crippen LogP contribution in [0.3, 0.4) is 0 Å². The van der Waals surface area contributed by atoms with Crippen LogP contribution in [0.1, 0.15) is 29.3 Å². The van der Waals surface area contributed by atoms with Crippen LogP contribution in [0.25, 0.3) is 0 Å². The quantitative estimate of drug-likeness (QED) is 0.125. The number of carbonyl (C=O) groups excluding carboxylic acids is 2. The normalized spacial score (nSPS) is 15.6. The Kier molecular flexibility index (Phi) is 10.6. The molecule has 0 saturated carbocycles. The van der Waals surface area contributed by atoms with E-state index in [-0.39, 0.29) is 12.5 Å². The number of aryl methyl sites for hydroxylation is 1. The van der Waals surface area contributed by atoms with E-state index >= 15 is 0 Å². The molecule has 1 N–H and O–H groups in total.